The highest BCUT2D eigenvalue weighted by molar-refractivity contribution is 8.01. The minimum Gasteiger partial charge on any atom is -0.298 e. The van der Waals surface area contributed by atoms with E-state index in [1.165, 1.54) is 22.6 Å². The van der Waals surface area contributed by atoms with Crippen LogP contribution in [0.2, 0.25) is 5.02 Å². The highest BCUT2D eigenvalue weighted by atomic mass is 35.5. The van der Waals surface area contributed by atoms with Crippen molar-refractivity contribution in [1.29, 1.82) is 0 Å². The van der Waals surface area contributed by atoms with Crippen LogP contribution in [0.3, 0.4) is 0 Å². The molecule has 1 atom stereocenters. The summed E-state index contributed by atoms with van der Waals surface area (Å²) < 4.78 is 13.4. The molecule has 1 unspecified atom stereocenters. The second-order valence-electron chi connectivity index (χ2n) is 4.81. The zero-order valence-corrected chi connectivity index (χ0v) is 12.2. The summed E-state index contributed by atoms with van der Waals surface area (Å²) in [5.41, 5.74) is 1.89. The lowest BCUT2D eigenvalue weighted by molar-refractivity contribution is -0.117. The number of carbonyl (C=O) groups excluding carboxylic acids is 1. The molecular formula is C16H12ClFOS. The third kappa shape index (κ3) is 2.74. The molecule has 20 heavy (non-hydrogen) atoms. The van der Waals surface area contributed by atoms with Gasteiger partial charge in [-0.3, -0.25) is 4.79 Å². The highest BCUT2D eigenvalue weighted by Gasteiger charge is 2.27. The topological polar surface area (TPSA) is 17.1 Å². The molecule has 0 aromatic heterocycles. The number of ketones is 1. The van der Waals surface area contributed by atoms with Gasteiger partial charge in [0, 0.05) is 11.3 Å². The van der Waals surface area contributed by atoms with Gasteiger partial charge in [-0.15, -0.1) is 11.8 Å². The van der Waals surface area contributed by atoms with Crippen molar-refractivity contribution in [2.24, 2.45) is 0 Å². The average molecular weight is 307 g/mol. The Bertz CT molecular complexity index is 646. The number of hydrogen-bond donors (Lipinski definition) is 0. The van der Waals surface area contributed by atoms with E-state index in [9.17, 15) is 9.18 Å². The van der Waals surface area contributed by atoms with Crippen LogP contribution in [-0.4, -0.2) is 11.0 Å². The Labute approximate surface area is 126 Å². The first-order chi connectivity index (χ1) is 9.63. The monoisotopic (exact) mass is 306 g/mol. The van der Waals surface area contributed by atoms with Crippen LogP contribution in [0.4, 0.5) is 4.39 Å². The van der Waals surface area contributed by atoms with E-state index in [-0.39, 0.29) is 22.5 Å². The lowest BCUT2D eigenvalue weighted by Crippen LogP contribution is -2.18. The number of benzene rings is 2. The summed E-state index contributed by atoms with van der Waals surface area (Å²) in [5.74, 6) is -0.341. The fraction of sp³-hybridized carbons (Fsp3) is 0.188. The maximum atomic E-state index is 13.4. The van der Waals surface area contributed by atoms with Crippen molar-refractivity contribution in [3.63, 3.8) is 0 Å². The van der Waals surface area contributed by atoms with E-state index in [1.54, 1.807) is 17.8 Å². The van der Waals surface area contributed by atoms with Crippen molar-refractivity contribution < 1.29 is 9.18 Å². The molecule has 0 saturated heterocycles. The maximum Gasteiger partial charge on any atom is 0.150 e. The van der Waals surface area contributed by atoms with Gasteiger partial charge in [0.1, 0.15) is 5.82 Å². The van der Waals surface area contributed by atoms with Crippen LogP contribution in [-0.2, 0) is 17.6 Å². The molecule has 1 nitrogen and oxygen atoms in total. The van der Waals surface area contributed by atoms with Crippen LogP contribution in [0.5, 0.6) is 0 Å². The van der Waals surface area contributed by atoms with Gasteiger partial charge in [0.15, 0.2) is 5.78 Å². The minimum atomic E-state index is -0.473. The standard InChI is InChI=1S/C16H12ClFOS/c17-12-6-5-10(7-13(12)18)8-14(19)16-9-11-3-1-2-4-15(11)20-16/h1-7,16H,8-9H2. The van der Waals surface area contributed by atoms with Crippen molar-refractivity contribution in [2.75, 3.05) is 0 Å². The Morgan fingerprint density at radius 3 is 2.85 bits per heavy atom. The SMILES string of the molecule is O=C(Cc1ccc(Cl)c(F)c1)C1Cc2ccccc2S1. The van der Waals surface area contributed by atoms with Crippen molar-refractivity contribution in [1.82, 2.24) is 0 Å². The van der Waals surface area contributed by atoms with Gasteiger partial charge in [-0.2, -0.15) is 0 Å². The lowest BCUT2D eigenvalue weighted by Gasteiger charge is -2.07. The van der Waals surface area contributed by atoms with E-state index in [1.807, 2.05) is 18.2 Å². The van der Waals surface area contributed by atoms with Gasteiger partial charge in [0.2, 0.25) is 0 Å². The summed E-state index contributed by atoms with van der Waals surface area (Å²) >= 11 is 7.24. The fourth-order valence-corrected chi connectivity index (χ4v) is 3.69. The van der Waals surface area contributed by atoms with Crippen molar-refractivity contribution in [3.8, 4) is 0 Å². The number of hydrogen-bond acceptors (Lipinski definition) is 2. The van der Waals surface area contributed by atoms with E-state index in [2.05, 4.69) is 6.07 Å². The largest absolute Gasteiger partial charge is 0.298 e. The molecule has 1 aliphatic heterocycles. The number of rotatable bonds is 3. The third-order valence-electron chi connectivity index (χ3n) is 3.37. The predicted molar refractivity (Wildman–Crippen MR) is 79.9 cm³/mol. The molecule has 102 valence electrons. The number of carbonyl (C=O) groups is 1. The van der Waals surface area contributed by atoms with Crippen LogP contribution >= 0.6 is 23.4 Å². The summed E-state index contributed by atoms with van der Waals surface area (Å²) in [5, 5.41) is 0.0231. The predicted octanol–water partition coefficient (Wildman–Crippen LogP) is 4.31. The molecule has 0 bridgehead atoms. The Morgan fingerprint density at radius 1 is 1.30 bits per heavy atom. The molecule has 0 saturated carbocycles. The van der Waals surface area contributed by atoms with E-state index in [0.29, 0.717) is 5.56 Å². The summed E-state index contributed by atoms with van der Waals surface area (Å²) in [6.07, 6.45) is 1.01. The Balaban J connectivity index is 1.71. The Kier molecular flexibility index (Phi) is 3.81. The van der Waals surface area contributed by atoms with E-state index in [4.69, 9.17) is 11.6 Å². The molecule has 0 amide bonds. The van der Waals surface area contributed by atoms with Gasteiger partial charge in [-0.1, -0.05) is 35.9 Å². The molecule has 2 aromatic carbocycles. The van der Waals surface area contributed by atoms with Crippen molar-refractivity contribution in [3.05, 3.63) is 64.4 Å². The van der Waals surface area contributed by atoms with E-state index in [0.717, 1.165) is 6.42 Å². The summed E-state index contributed by atoms with van der Waals surface area (Å²) in [4.78, 5) is 13.5. The van der Waals surface area contributed by atoms with Crippen LogP contribution < -0.4 is 0 Å². The zero-order chi connectivity index (χ0) is 14.1. The quantitative estimate of drug-likeness (QED) is 0.840. The molecule has 1 aliphatic rings. The molecule has 0 spiro atoms. The number of Topliss-reactive ketones (excluding diaryl/α,β-unsaturated/α-hetero) is 1. The van der Waals surface area contributed by atoms with E-state index >= 15 is 0 Å². The molecule has 2 aromatic rings. The first kappa shape index (κ1) is 13.7. The molecular weight excluding hydrogens is 295 g/mol. The fourth-order valence-electron chi connectivity index (χ4n) is 2.33. The van der Waals surface area contributed by atoms with Crippen molar-refractivity contribution in [2.45, 2.75) is 23.0 Å². The second kappa shape index (κ2) is 5.58. The number of halogens is 2. The van der Waals surface area contributed by atoms with Gasteiger partial charge in [0.05, 0.1) is 10.3 Å². The van der Waals surface area contributed by atoms with E-state index < -0.39 is 5.82 Å². The summed E-state index contributed by atoms with van der Waals surface area (Å²) in [6, 6.07) is 12.6. The average Bonchev–Trinajstić information content (AvgIpc) is 2.87. The van der Waals surface area contributed by atoms with Crippen LogP contribution in [0.25, 0.3) is 0 Å². The molecule has 4 heteroatoms. The van der Waals surface area contributed by atoms with Gasteiger partial charge in [-0.05, 0) is 35.7 Å². The minimum absolute atomic E-state index is 0.0638. The highest BCUT2D eigenvalue weighted by Crippen LogP contribution is 2.37. The lowest BCUT2D eigenvalue weighted by atomic mass is 10.0. The summed E-state index contributed by atoms with van der Waals surface area (Å²) in [7, 11) is 0. The van der Waals surface area contributed by atoms with Gasteiger partial charge < -0.3 is 0 Å². The zero-order valence-electron chi connectivity index (χ0n) is 10.6. The Hall–Kier alpha value is -1.32. The van der Waals surface area contributed by atoms with Gasteiger partial charge in [-0.25, -0.2) is 4.39 Å². The first-order valence-electron chi connectivity index (χ1n) is 6.34. The third-order valence-corrected chi connectivity index (χ3v) is 5.04. The van der Waals surface area contributed by atoms with Crippen LogP contribution in [0.15, 0.2) is 47.4 Å². The molecule has 0 N–H and O–H groups in total. The second-order valence-corrected chi connectivity index (χ2v) is 6.46. The van der Waals surface area contributed by atoms with Crippen LogP contribution in [0, 0.1) is 5.82 Å². The first-order valence-corrected chi connectivity index (χ1v) is 7.60. The van der Waals surface area contributed by atoms with Gasteiger partial charge >= 0.3 is 0 Å². The molecule has 0 aliphatic carbocycles. The van der Waals surface area contributed by atoms with Crippen LogP contribution in [0.1, 0.15) is 11.1 Å². The smallest absolute Gasteiger partial charge is 0.150 e. The normalized spacial score (nSPS) is 17.0. The van der Waals surface area contributed by atoms with Gasteiger partial charge in [0.25, 0.3) is 0 Å². The molecule has 3 rings (SSSR count). The molecule has 0 fully saturated rings. The van der Waals surface area contributed by atoms with Crippen molar-refractivity contribution >= 4 is 29.1 Å². The summed E-state index contributed by atoms with van der Waals surface area (Å²) in [6.45, 7) is 0. The number of thioether (sulfide) groups is 1. The maximum absolute atomic E-state index is 13.4. The molecule has 0 radical (unpaired) electrons. The number of fused-ring (bicyclic) bond motifs is 1. The Morgan fingerprint density at radius 2 is 2.10 bits per heavy atom. The molecule has 1 heterocycles.